The van der Waals surface area contributed by atoms with Gasteiger partial charge in [0.15, 0.2) is 5.78 Å². The normalized spacial score (nSPS) is 24.3. The predicted octanol–water partition coefficient (Wildman–Crippen LogP) is 4.90. The fraction of sp³-hybridized carbons (Fsp3) is 0.333. The SMILES string of the molecule is O=C(OCc1ccccc1)[C@]1([C@H]2C=CCCC2)CCc2ccccc2C1=O. The van der Waals surface area contributed by atoms with Crippen LogP contribution >= 0.6 is 0 Å². The van der Waals surface area contributed by atoms with Gasteiger partial charge in [-0.15, -0.1) is 0 Å². The second-order valence-electron chi connectivity index (χ2n) is 7.48. The van der Waals surface area contributed by atoms with Crippen LogP contribution < -0.4 is 0 Å². The highest BCUT2D eigenvalue weighted by Crippen LogP contribution is 2.46. The number of ketones is 1. The quantitative estimate of drug-likeness (QED) is 0.442. The highest BCUT2D eigenvalue weighted by molar-refractivity contribution is 6.14. The molecule has 0 fully saturated rings. The number of hydrogen-bond acceptors (Lipinski definition) is 3. The van der Waals surface area contributed by atoms with E-state index in [1.54, 1.807) is 0 Å². The fourth-order valence-corrected chi connectivity index (χ4v) is 4.42. The monoisotopic (exact) mass is 360 g/mol. The van der Waals surface area contributed by atoms with Crippen molar-refractivity contribution in [2.45, 2.75) is 38.7 Å². The van der Waals surface area contributed by atoms with Gasteiger partial charge in [0, 0.05) is 11.5 Å². The van der Waals surface area contributed by atoms with E-state index in [9.17, 15) is 9.59 Å². The molecule has 4 rings (SSSR count). The average Bonchev–Trinajstić information content (AvgIpc) is 2.74. The van der Waals surface area contributed by atoms with Crippen LogP contribution in [0.5, 0.6) is 0 Å². The Bertz CT molecular complexity index is 868. The first-order valence-electron chi connectivity index (χ1n) is 9.72. The molecule has 0 spiro atoms. The van der Waals surface area contributed by atoms with Gasteiger partial charge in [-0.05, 0) is 43.2 Å². The number of allylic oxidation sites excluding steroid dienone is 2. The van der Waals surface area contributed by atoms with Gasteiger partial charge in [-0.1, -0.05) is 66.7 Å². The summed E-state index contributed by atoms with van der Waals surface area (Å²) in [5.41, 5.74) is 1.55. The topological polar surface area (TPSA) is 43.4 Å². The summed E-state index contributed by atoms with van der Waals surface area (Å²) in [4.78, 5) is 26.9. The van der Waals surface area contributed by atoms with Gasteiger partial charge in [0.1, 0.15) is 12.0 Å². The van der Waals surface area contributed by atoms with Gasteiger partial charge in [0.2, 0.25) is 0 Å². The molecule has 138 valence electrons. The second kappa shape index (κ2) is 7.51. The number of esters is 1. The van der Waals surface area contributed by atoms with Crippen molar-refractivity contribution in [3.05, 3.63) is 83.4 Å². The molecule has 0 aliphatic heterocycles. The average molecular weight is 360 g/mol. The van der Waals surface area contributed by atoms with Crippen molar-refractivity contribution >= 4 is 11.8 Å². The Hall–Kier alpha value is -2.68. The van der Waals surface area contributed by atoms with Crippen LogP contribution in [0.15, 0.2) is 66.7 Å². The molecule has 2 aromatic rings. The molecule has 27 heavy (non-hydrogen) atoms. The molecule has 0 saturated carbocycles. The molecule has 2 aromatic carbocycles. The lowest BCUT2D eigenvalue weighted by atomic mass is 9.61. The van der Waals surface area contributed by atoms with Crippen LogP contribution in [0, 0.1) is 11.3 Å². The largest absolute Gasteiger partial charge is 0.460 e. The molecule has 2 aliphatic rings. The van der Waals surface area contributed by atoms with E-state index in [0.29, 0.717) is 12.0 Å². The minimum Gasteiger partial charge on any atom is -0.460 e. The predicted molar refractivity (Wildman–Crippen MR) is 104 cm³/mol. The van der Waals surface area contributed by atoms with E-state index >= 15 is 0 Å². The van der Waals surface area contributed by atoms with Crippen LogP contribution in [0.1, 0.15) is 47.2 Å². The number of carbonyl (C=O) groups excluding carboxylic acids is 2. The van der Waals surface area contributed by atoms with E-state index in [2.05, 4.69) is 12.2 Å². The van der Waals surface area contributed by atoms with Gasteiger partial charge >= 0.3 is 5.97 Å². The first-order valence-corrected chi connectivity index (χ1v) is 9.72. The first kappa shape index (κ1) is 17.7. The Morgan fingerprint density at radius 2 is 1.85 bits per heavy atom. The van der Waals surface area contributed by atoms with Gasteiger partial charge in [-0.2, -0.15) is 0 Å². The van der Waals surface area contributed by atoms with E-state index < -0.39 is 5.41 Å². The van der Waals surface area contributed by atoms with Crippen molar-refractivity contribution in [2.75, 3.05) is 0 Å². The highest BCUT2D eigenvalue weighted by Gasteiger charge is 2.54. The van der Waals surface area contributed by atoms with Crippen molar-refractivity contribution in [1.29, 1.82) is 0 Å². The minimum absolute atomic E-state index is 0.0704. The van der Waals surface area contributed by atoms with E-state index in [0.717, 1.165) is 36.8 Å². The number of rotatable bonds is 4. The number of benzene rings is 2. The fourth-order valence-electron chi connectivity index (χ4n) is 4.42. The Labute approximate surface area is 160 Å². The van der Waals surface area contributed by atoms with Crippen LogP contribution in [-0.2, 0) is 22.6 Å². The Kier molecular flexibility index (Phi) is 4.93. The summed E-state index contributed by atoms with van der Waals surface area (Å²) in [6, 6.07) is 17.3. The van der Waals surface area contributed by atoms with E-state index in [1.807, 2.05) is 54.6 Å². The second-order valence-corrected chi connectivity index (χ2v) is 7.48. The van der Waals surface area contributed by atoms with Crippen molar-refractivity contribution in [3.8, 4) is 0 Å². The van der Waals surface area contributed by atoms with Gasteiger partial charge in [0.25, 0.3) is 0 Å². The molecule has 3 heteroatoms. The maximum Gasteiger partial charge on any atom is 0.320 e. The maximum atomic E-state index is 13.6. The number of Topliss-reactive ketones (excluding diaryl/α,β-unsaturated/α-hetero) is 1. The maximum absolute atomic E-state index is 13.6. The van der Waals surface area contributed by atoms with Crippen molar-refractivity contribution in [3.63, 3.8) is 0 Å². The summed E-state index contributed by atoms with van der Waals surface area (Å²) in [5, 5.41) is 0. The molecule has 0 amide bonds. The molecule has 2 aliphatic carbocycles. The third-order valence-corrected chi connectivity index (χ3v) is 5.92. The Morgan fingerprint density at radius 1 is 1.07 bits per heavy atom. The van der Waals surface area contributed by atoms with Crippen LogP contribution in [0.25, 0.3) is 0 Å². The molecule has 3 nitrogen and oxygen atoms in total. The molecule has 0 N–H and O–H groups in total. The summed E-state index contributed by atoms with van der Waals surface area (Å²) in [7, 11) is 0. The number of aryl methyl sites for hydroxylation is 1. The standard InChI is InChI=1S/C24H24O3/c25-22-21-14-8-7-11-19(21)15-16-24(22,20-12-5-2-6-13-20)23(26)27-17-18-9-3-1-4-10-18/h1,3-5,7-12,14,20H,2,6,13,15-17H2/t20-,24-/m0/s1. The van der Waals surface area contributed by atoms with Gasteiger partial charge in [-0.25, -0.2) is 0 Å². The lowest BCUT2D eigenvalue weighted by Crippen LogP contribution is -2.49. The van der Waals surface area contributed by atoms with Gasteiger partial charge < -0.3 is 4.74 Å². The molecule has 0 bridgehead atoms. The summed E-state index contributed by atoms with van der Waals surface area (Å²) in [6.45, 7) is 0.201. The molecule has 0 aromatic heterocycles. The Balaban J connectivity index is 1.67. The summed E-state index contributed by atoms with van der Waals surface area (Å²) < 4.78 is 5.72. The van der Waals surface area contributed by atoms with Crippen LogP contribution in [0.2, 0.25) is 0 Å². The summed E-state index contributed by atoms with van der Waals surface area (Å²) >= 11 is 0. The zero-order chi connectivity index (χ0) is 18.7. The number of ether oxygens (including phenoxy) is 1. The van der Waals surface area contributed by atoms with Crippen LogP contribution in [0.3, 0.4) is 0 Å². The first-order chi connectivity index (χ1) is 13.2. The lowest BCUT2D eigenvalue weighted by Gasteiger charge is -2.40. The molecular weight excluding hydrogens is 336 g/mol. The summed E-state index contributed by atoms with van der Waals surface area (Å²) in [6.07, 6.45) is 8.29. The van der Waals surface area contributed by atoms with Gasteiger partial charge in [0.05, 0.1) is 0 Å². The van der Waals surface area contributed by atoms with Crippen molar-refractivity contribution < 1.29 is 14.3 Å². The lowest BCUT2D eigenvalue weighted by molar-refractivity contribution is -0.157. The van der Waals surface area contributed by atoms with E-state index in [1.165, 1.54) is 0 Å². The third-order valence-electron chi connectivity index (χ3n) is 5.92. The molecular formula is C24H24O3. The third kappa shape index (κ3) is 3.23. The van der Waals surface area contributed by atoms with Crippen molar-refractivity contribution in [1.82, 2.24) is 0 Å². The number of fused-ring (bicyclic) bond motifs is 1. The molecule has 0 saturated heterocycles. The van der Waals surface area contributed by atoms with Crippen molar-refractivity contribution in [2.24, 2.45) is 11.3 Å². The minimum atomic E-state index is -1.10. The number of hydrogen-bond donors (Lipinski definition) is 0. The summed E-state index contributed by atoms with van der Waals surface area (Å²) in [5.74, 6) is -0.531. The van der Waals surface area contributed by atoms with Crippen LogP contribution in [0.4, 0.5) is 0 Å². The molecule has 0 heterocycles. The molecule has 0 unspecified atom stereocenters. The molecule has 2 atom stereocenters. The Morgan fingerprint density at radius 3 is 2.63 bits per heavy atom. The zero-order valence-corrected chi connectivity index (χ0v) is 15.4. The van der Waals surface area contributed by atoms with Crippen LogP contribution in [-0.4, -0.2) is 11.8 Å². The molecule has 0 radical (unpaired) electrons. The van der Waals surface area contributed by atoms with Gasteiger partial charge in [-0.3, -0.25) is 9.59 Å². The van der Waals surface area contributed by atoms with E-state index in [-0.39, 0.29) is 24.3 Å². The highest BCUT2D eigenvalue weighted by atomic mass is 16.5. The smallest absolute Gasteiger partial charge is 0.320 e. The zero-order valence-electron chi connectivity index (χ0n) is 15.4. The van der Waals surface area contributed by atoms with E-state index in [4.69, 9.17) is 4.74 Å². The number of carbonyl (C=O) groups is 2.